The normalized spacial score (nSPS) is 44.3. The highest BCUT2D eigenvalue weighted by molar-refractivity contribution is 5.74. The summed E-state index contributed by atoms with van der Waals surface area (Å²) in [4.78, 5) is 11.6. The van der Waals surface area contributed by atoms with E-state index in [1.165, 1.54) is 12.8 Å². The van der Waals surface area contributed by atoms with Gasteiger partial charge in [0, 0.05) is 0 Å². The molecule has 0 aromatic heterocycles. The zero-order valence-electron chi connectivity index (χ0n) is 8.45. The molecule has 0 N–H and O–H groups in total. The minimum atomic E-state index is 0.0763. The minimum Gasteiger partial charge on any atom is -0.465 e. The summed E-state index contributed by atoms with van der Waals surface area (Å²) in [5.74, 6) is 2.10. The largest absolute Gasteiger partial charge is 0.465 e. The van der Waals surface area contributed by atoms with Crippen molar-refractivity contribution < 1.29 is 9.53 Å². The third-order valence-corrected chi connectivity index (χ3v) is 3.86. The van der Waals surface area contributed by atoms with Crippen molar-refractivity contribution in [1.29, 1.82) is 0 Å². The van der Waals surface area contributed by atoms with Gasteiger partial charge < -0.3 is 4.74 Å². The van der Waals surface area contributed by atoms with Gasteiger partial charge in [-0.3, -0.25) is 4.79 Å². The average molecular weight is 182 g/mol. The highest BCUT2D eigenvalue weighted by Crippen LogP contribution is 2.45. The van der Waals surface area contributed by atoms with Crippen molar-refractivity contribution in [2.24, 2.45) is 23.7 Å². The van der Waals surface area contributed by atoms with E-state index in [9.17, 15) is 4.79 Å². The van der Waals surface area contributed by atoms with Crippen molar-refractivity contribution >= 4 is 5.97 Å². The van der Waals surface area contributed by atoms with Gasteiger partial charge in [-0.15, -0.1) is 0 Å². The molecule has 0 aromatic rings. The van der Waals surface area contributed by atoms with Crippen LogP contribution in [0.25, 0.3) is 0 Å². The first-order valence-corrected chi connectivity index (χ1v) is 5.40. The number of cyclic esters (lactones) is 1. The summed E-state index contributed by atoms with van der Waals surface area (Å²) in [7, 11) is 0. The summed E-state index contributed by atoms with van der Waals surface area (Å²) in [5.41, 5.74) is 0. The smallest absolute Gasteiger partial charge is 0.309 e. The molecule has 0 bridgehead atoms. The van der Waals surface area contributed by atoms with Crippen LogP contribution in [-0.2, 0) is 9.53 Å². The maximum absolute atomic E-state index is 11.6. The molecule has 0 aromatic carbocycles. The zero-order valence-corrected chi connectivity index (χ0v) is 8.45. The summed E-state index contributed by atoms with van der Waals surface area (Å²) in [5, 5.41) is 0. The summed E-state index contributed by atoms with van der Waals surface area (Å²) in [6.45, 7) is 5.04. The van der Waals surface area contributed by atoms with Gasteiger partial charge in [0.2, 0.25) is 0 Å². The molecule has 1 saturated heterocycles. The van der Waals surface area contributed by atoms with Crippen LogP contribution in [0.3, 0.4) is 0 Å². The molecule has 1 aliphatic carbocycles. The van der Waals surface area contributed by atoms with E-state index in [4.69, 9.17) is 4.74 Å². The monoisotopic (exact) mass is 182 g/mol. The maximum atomic E-state index is 11.6. The standard InChI is InChI=1S/C11H18O2/c1-3-8-4-5-9-7(2)6-13-11(12)10(8)9/h7-10H,3-6H2,1-2H3/t7-,8+,9-,10?/m1/s1. The fourth-order valence-corrected chi connectivity index (χ4v) is 3.01. The molecule has 74 valence electrons. The molecule has 2 heteroatoms. The Labute approximate surface area is 79.7 Å². The van der Waals surface area contributed by atoms with Crippen molar-refractivity contribution in [3.8, 4) is 0 Å². The first kappa shape index (κ1) is 9.04. The van der Waals surface area contributed by atoms with E-state index in [0.717, 1.165) is 6.42 Å². The van der Waals surface area contributed by atoms with Gasteiger partial charge in [0.25, 0.3) is 0 Å². The molecule has 0 amide bonds. The van der Waals surface area contributed by atoms with Gasteiger partial charge in [0.05, 0.1) is 12.5 Å². The molecule has 2 nitrogen and oxygen atoms in total. The van der Waals surface area contributed by atoms with E-state index >= 15 is 0 Å². The summed E-state index contributed by atoms with van der Waals surface area (Å²) >= 11 is 0. The third kappa shape index (κ3) is 1.36. The highest BCUT2D eigenvalue weighted by atomic mass is 16.5. The van der Waals surface area contributed by atoms with Crippen molar-refractivity contribution in [3.05, 3.63) is 0 Å². The number of fused-ring (bicyclic) bond motifs is 1. The van der Waals surface area contributed by atoms with Crippen LogP contribution in [0.2, 0.25) is 0 Å². The molecular weight excluding hydrogens is 164 g/mol. The Bertz CT molecular complexity index is 212. The van der Waals surface area contributed by atoms with Crippen LogP contribution in [0.15, 0.2) is 0 Å². The molecule has 4 atom stereocenters. The van der Waals surface area contributed by atoms with Crippen LogP contribution in [0.4, 0.5) is 0 Å². The SMILES string of the molecule is CC[C@H]1CC[C@H]2C1C(=O)OC[C@H]2C. The van der Waals surface area contributed by atoms with Gasteiger partial charge in [-0.1, -0.05) is 20.3 Å². The van der Waals surface area contributed by atoms with Gasteiger partial charge in [-0.25, -0.2) is 0 Å². The van der Waals surface area contributed by atoms with Gasteiger partial charge in [0.1, 0.15) is 0 Å². The number of ether oxygens (including phenoxy) is 1. The van der Waals surface area contributed by atoms with Gasteiger partial charge in [-0.2, -0.15) is 0 Å². The van der Waals surface area contributed by atoms with E-state index in [1.54, 1.807) is 0 Å². The fourth-order valence-electron chi connectivity index (χ4n) is 3.01. The van der Waals surface area contributed by atoms with Crippen LogP contribution in [0, 0.1) is 23.7 Å². The number of hydrogen-bond donors (Lipinski definition) is 0. The lowest BCUT2D eigenvalue weighted by molar-refractivity contribution is -0.161. The second-order valence-corrected chi connectivity index (χ2v) is 4.54. The second kappa shape index (κ2) is 3.32. The molecule has 1 aliphatic heterocycles. The molecule has 13 heavy (non-hydrogen) atoms. The number of carbonyl (C=O) groups is 1. The van der Waals surface area contributed by atoms with Crippen LogP contribution < -0.4 is 0 Å². The van der Waals surface area contributed by atoms with Gasteiger partial charge in [0.15, 0.2) is 0 Å². The molecule has 2 fully saturated rings. The Hall–Kier alpha value is -0.530. The second-order valence-electron chi connectivity index (χ2n) is 4.54. The Morgan fingerprint density at radius 3 is 2.92 bits per heavy atom. The van der Waals surface area contributed by atoms with Crippen LogP contribution in [-0.4, -0.2) is 12.6 Å². The third-order valence-electron chi connectivity index (χ3n) is 3.86. The molecule has 2 aliphatic rings. The van der Waals surface area contributed by atoms with Crippen molar-refractivity contribution in [2.45, 2.75) is 33.1 Å². The van der Waals surface area contributed by atoms with Crippen LogP contribution >= 0.6 is 0 Å². The zero-order chi connectivity index (χ0) is 9.42. The van der Waals surface area contributed by atoms with Crippen molar-refractivity contribution in [2.75, 3.05) is 6.61 Å². The Kier molecular flexibility index (Phi) is 2.31. The average Bonchev–Trinajstić information content (AvgIpc) is 2.56. The fraction of sp³-hybridized carbons (Fsp3) is 0.909. The molecule has 2 rings (SSSR count). The van der Waals surface area contributed by atoms with E-state index in [0.29, 0.717) is 24.4 Å². The van der Waals surface area contributed by atoms with Gasteiger partial charge in [-0.05, 0) is 30.6 Å². The number of esters is 1. The first-order valence-electron chi connectivity index (χ1n) is 5.40. The van der Waals surface area contributed by atoms with E-state index < -0.39 is 0 Å². The number of rotatable bonds is 1. The molecule has 1 saturated carbocycles. The quantitative estimate of drug-likeness (QED) is 0.581. The van der Waals surface area contributed by atoms with Crippen molar-refractivity contribution in [3.63, 3.8) is 0 Å². The predicted molar refractivity (Wildman–Crippen MR) is 50.1 cm³/mol. The van der Waals surface area contributed by atoms with E-state index in [1.807, 2.05) is 0 Å². The highest BCUT2D eigenvalue weighted by Gasteiger charge is 2.46. The number of carbonyl (C=O) groups excluding carboxylic acids is 1. The lowest BCUT2D eigenvalue weighted by atomic mass is 9.80. The molecule has 1 heterocycles. The Morgan fingerprint density at radius 2 is 2.23 bits per heavy atom. The lowest BCUT2D eigenvalue weighted by Gasteiger charge is -2.32. The Morgan fingerprint density at radius 1 is 1.46 bits per heavy atom. The first-order chi connectivity index (χ1) is 6.24. The van der Waals surface area contributed by atoms with E-state index in [2.05, 4.69) is 13.8 Å². The molecule has 0 radical (unpaired) electrons. The maximum Gasteiger partial charge on any atom is 0.309 e. The topological polar surface area (TPSA) is 26.3 Å². The van der Waals surface area contributed by atoms with Crippen molar-refractivity contribution in [1.82, 2.24) is 0 Å². The summed E-state index contributed by atoms with van der Waals surface area (Å²) in [6, 6.07) is 0. The van der Waals surface area contributed by atoms with Crippen LogP contribution in [0.1, 0.15) is 33.1 Å². The van der Waals surface area contributed by atoms with Gasteiger partial charge >= 0.3 is 5.97 Å². The van der Waals surface area contributed by atoms with E-state index in [-0.39, 0.29) is 11.9 Å². The summed E-state index contributed by atoms with van der Waals surface area (Å²) in [6.07, 6.45) is 3.59. The Balaban J connectivity index is 2.16. The number of hydrogen-bond acceptors (Lipinski definition) is 2. The minimum absolute atomic E-state index is 0.0763. The lowest BCUT2D eigenvalue weighted by Crippen LogP contribution is -2.37. The molecular formula is C11H18O2. The predicted octanol–water partition coefficient (Wildman–Crippen LogP) is 2.23. The molecule has 0 spiro atoms. The summed E-state index contributed by atoms with van der Waals surface area (Å²) < 4.78 is 5.20. The van der Waals surface area contributed by atoms with Crippen LogP contribution in [0.5, 0.6) is 0 Å². The molecule has 1 unspecified atom stereocenters.